The molecule has 0 saturated heterocycles. The van der Waals surface area contributed by atoms with E-state index < -0.39 is 5.97 Å². The molecule has 1 aliphatic rings. The van der Waals surface area contributed by atoms with Gasteiger partial charge in [0.1, 0.15) is 11.8 Å². The first-order chi connectivity index (χ1) is 9.58. The molecule has 2 N–H and O–H groups in total. The van der Waals surface area contributed by atoms with Gasteiger partial charge in [0.15, 0.2) is 0 Å². The molecule has 1 heterocycles. The Morgan fingerprint density at radius 2 is 2.15 bits per heavy atom. The van der Waals surface area contributed by atoms with Gasteiger partial charge in [-0.2, -0.15) is 5.26 Å². The van der Waals surface area contributed by atoms with E-state index in [1.165, 1.54) is 0 Å². The molecule has 0 radical (unpaired) electrons. The number of hydrogen-bond acceptors (Lipinski definition) is 5. The van der Waals surface area contributed by atoms with E-state index in [1.54, 1.807) is 6.07 Å². The number of anilines is 1. The molecule has 0 aromatic carbocycles. The highest BCUT2D eigenvalue weighted by Crippen LogP contribution is 2.28. The van der Waals surface area contributed by atoms with Crippen LogP contribution in [-0.4, -0.2) is 27.6 Å². The van der Waals surface area contributed by atoms with Gasteiger partial charge in [-0.3, -0.25) is 4.79 Å². The first kappa shape index (κ1) is 14.3. The molecule has 1 aromatic heterocycles. The predicted molar refractivity (Wildman–Crippen MR) is 73.1 cm³/mol. The number of nitriles is 1. The van der Waals surface area contributed by atoms with Gasteiger partial charge >= 0.3 is 5.97 Å². The van der Waals surface area contributed by atoms with Gasteiger partial charge < -0.3 is 10.4 Å². The molecule has 0 aliphatic heterocycles. The molecule has 106 valence electrons. The van der Waals surface area contributed by atoms with Crippen molar-refractivity contribution in [3.05, 3.63) is 17.5 Å². The summed E-state index contributed by atoms with van der Waals surface area (Å²) in [6.07, 6.45) is 3.28. The highest BCUT2D eigenvalue weighted by molar-refractivity contribution is 5.69. The van der Waals surface area contributed by atoms with Crippen LogP contribution in [0.4, 0.5) is 5.95 Å². The van der Waals surface area contributed by atoms with E-state index >= 15 is 0 Å². The van der Waals surface area contributed by atoms with Gasteiger partial charge in [0.05, 0.1) is 5.92 Å². The maximum absolute atomic E-state index is 10.9. The van der Waals surface area contributed by atoms with E-state index in [0.717, 1.165) is 37.9 Å². The summed E-state index contributed by atoms with van der Waals surface area (Å²) in [4.78, 5) is 19.2. The highest BCUT2D eigenvalue weighted by Gasteiger charge is 2.25. The molecule has 20 heavy (non-hydrogen) atoms. The van der Waals surface area contributed by atoms with Gasteiger partial charge in [-0.15, -0.1) is 0 Å². The number of hydrogen-bond donors (Lipinski definition) is 2. The second kappa shape index (κ2) is 6.33. The summed E-state index contributed by atoms with van der Waals surface area (Å²) in [5.41, 5.74) is 1.11. The normalized spacial score (nSPS) is 22.0. The maximum atomic E-state index is 10.9. The lowest BCUT2D eigenvalue weighted by molar-refractivity contribution is -0.143. The van der Waals surface area contributed by atoms with E-state index in [0.29, 0.717) is 17.6 Å². The molecule has 1 aromatic rings. The summed E-state index contributed by atoms with van der Waals surface area (Å²) in [6, 6.07) is 3.65. The fraction of sp³-hybridized carbons (Fsp3) is 0.571. The van der Waals surface area contributed by atoms with Gasteiger partial charge in [-0.25, -0.2) is 9.97 Å². The summed E-state index contributed by atoms with van der Waals surface area (Å²) in [6.45, 7) is 2.55. The predicted octanol–water partition coefficient (Wildman–Crippen LogP) is 1.96. The fourth-order valence-electron chi connectivity index (χ4n) is 2.55. The minimum atomic E-state index is -0.683. The maximum Gasteiger partial charge on any atom is 0.306 e. The number of aliphatic carboxylic acids is 1. The zero-order valence-electron chi connectivity index (χ0n) is 11.5. The number of carbonyl (C=O) groups is 1. The average Bonchev–Trinajstić information content (AvgIpc) is 2.45. The minimum Gasteiger partial charge on any atom is -0.481 e. The summed E-state index contributed by atoms with van der Waals surface area (Å²) in [5, 5.41) is 21.0. The van der Waals surface area contributed by atoms with Crippen molar-refractivity contribution in [3.8, 4) is 6.07 Å². The Morgan fingerprint density at radius 1 is 1.45 bits per heavy atom. The number of aromatic nitrogens is 2. The SMILES string of the molecule is Cc1cc(C#N)nc(NCC2CCC(C(=O)O)CC2)n1. The standard InChI is InChI=1S/C14H18N4O2/c1-9-6-12(7-15)18-14(17-9)16-8-10-2-4-11(5-3-10)13(19)20/h6,10-11H,2-5,8H2,1H3,(H,19,20)(H,16,17,18). The summed E-state index contributed by atoms with van der Waals surface area (Å²) < 4.78 is 0. The van der Waals surface area contributed by atoms with E-state index in [4.69, 9.17) is 10.4 Å². The lowest BCUT2D eigenvalue weighted by Crippen LogP contribution is -2.25. The molecule has 0 atom stereocenters. The molecule has 2 rings (SSSR count). The third-order valence-electron chi connectivity index (χ3n) is 3.71. The Bertz CT molecular complexity index is 530. The second-order valence-corrected chi connectivity index (χ2v) is 5.27. The Hall–Kier alpha value is -2.16. The van der Waals surface area contributed by atoms with Crippen LogP contribution >= 0.6 is 0 Å². The van der Waals surface area contributed by atoms with Crippen molar-refractivity contribution >= 4 is 11.9 Å². The van der Waals surface area contributed by atoms with E-state index in [-0.39, 0.29) is 5.92 Å². The van der Waals surface area contributed by atoms with Crippen molar-refractivity contribution < 1.29 is 9.90 Å². The molecule has 1 fully saturated rings. The largest absolute Gasteiger partial charge is 0.481 e. The summed E-state index contributed by atoms with van der Waals surface area (Å²) in [5.74, 6) is 0.0471. The number of aryl methyl sites for hydroxylation is 1. The Kier molecular flexibility index (Phi) is 4.51. The van der Waals surface area contributed by atoms with E-state index in [1.807, 2.05) is 13.0 Å². The lowest BCUT2D eigenvalue weighted by atomic mass is 9.82. The number of carboxylic acid groups (broad SMARTS) is 1. The fourth-order valence-corrected chi connectivity index (χ4v) is 2.55. The zero-order chi connectivity index (χ0) is 14.5. The van der Waals surface area contributed by atoms with Crippen molar-refractivity contribution in [1.82, 2.24) is 9.97 Å². The third-order valence-corrected chi connectivity index (χ3v) is 3.71. The molecule has 6 nitrogen and oxygen atoms in total. The van der Waals surface area contributed by atoms with Crippen molar-refractivity contribution in [1.29, 1.82) is 5.26 Å². The molecule has 0 amide bonds. The monoisotopic (exact) mass is 274 g/mol. The Balaban J connectivity index is 1.86. The van der Waals surface area contributed by atoms with Gasteiger partial charge in [0.25, 0.3) is 0 Å². The summed E-state index contributed by atoms with van der Waals surface area (Å²) >= 11 is 0. The van der Waals surface area contributed by atoms with Gasteiger partial charge in [-0.05, 0) is 44.6 Å². The van der Waals surface area contributed by atoms with Crippen LogP contribution in [0.3, 0.4) is 0 Å². The van der Waals surface area contributed by atoms with Crippen LogP contribution in [0.2, 0.25) is 0 Å². The molecule has 0 unspecified atom stereocenters. The number of nitrogens with zero attached hydrogens (tertiary/aromatic N) is 3. The van der Waals surface area contributed by atoms with Crippen LogP contribution in [-0.2, 0) is 4.79 Å². The van der Waals surface area contributed by atoms with Crippen molar-refractivity contribution in [2.45, 2.75) is 32.6 Å². The number of carboxylic acids is 1. The molecule has 6 heteroatoms. The van der Waals surface area contributed by atoms with Crippen LogP contribution in [0.15, 0.2) is 6.07 Å². The average molecular weight is 274 g/mol. The second-order valence-electron chi connectivity index (χ2n) is 5.27. The molecule has 1 saturated carbocycles. The van der Waals surface area contributed by atoms with E-state index in [2.05, 4.69) is 15.3 Å². The third kappa shape index (κ3) is 3.67. The number of rotatable bonds is 4. The van der Waals surface area contributed by atoms with Crippen LogP contribution < -0.4 is 5.32 Å². The highest BCUT2D eigenvalue weighted by atomic mass is 16.4. The van der Waals surface area contributed by atoms with Gasteiger partial charge in [-0.1, -0.05) is 0 Å². The van der Waals surface area contributed by atoms with Gasteiger partial charge in [0, 0.05) is 12.2 Å². The first-order valence-corrected chi connectivity index (χ1v) is 6.81. The lowest BCUT2D eigenvalue weighted by Gasteiger charge is -2.26. The molecular weight excluding hydrogens is 256 g/mol. The quantitative estimate of drug-likeness (QED) is 0.870. The van der Waals surface area contributed by atoms with Crippen LogP contribution in [0.5, 0.6) is 0 Å². The van der Waals surface area contributed by atoms with Crippen LogP contribution in [0, 0.1) is 30.1 Å². The molecule has 0 spiro atoms. The van der Waals surface area contributed by atoms with Gasteiger partial charge in [0.2, 0.25) is 5.95 Å². The zero-order valence-corrected chi connectivity index (χ0v) is 11.5. The van der Waals surface area contributed by atoms with Crippen molar-refractivity contribution in [2.75, 3.05) is 11.9 Å². The Labute approximate surface area is 117 Å². The molecular formula is C14H18N4O2. The van der Waals surface area contributed by atoms with Crippen LogP contribution in [0.25, 0.3) is 0 Å². The molecule has 0 bridgehead atoms. The van der Waals surface area contributed by atoms with Crippen molar-refractivity contribution in [3.63, 3.8) is 0 Å². The number of nitrogens with one attached hydrogen (secondary N) is 1. The smallest absolute Gasteiger partial charge is 0.306 e. The Morgan fingerprint density at radius 3 is 2.75 bits per heavy atom. The minimum absolute atomic E-state index is 0.188. The molecule has 1 aliphatic carbocycles. The topological polar surface area (TPSA) is 98.9 Å². The van der Waals surface area contributed by atoms with Crippen LogP contribution in [0.1, 0.15) is 37.1 Å². The van der Waals surface area contributed by atoms with Crippen molar-refractivity contribution in [2.24, 2.45) is 11.8 Å². The summed E-state index contributed by atoms with van der Waals surface area (Å²) in [7, 11) is 0. The first-order valence-electron chi connectivity index (χ1n) is 6.81. The van der Waals surface area contributed by atoms with E-state index in [9.17, 15) is 4.79 Å².